The van der Waals surface area contributed by atoms with Crippen LogP contribution in [0.25, 0.3) is 0 Å². The lowest BCUT2D eigenvalue weighted by molar-refractivity contribution is -0.329. The molecule has 19 atom stereocenters. The Morgan fingerprint density at radius 1 is 0.850 bits per heavy atom. The predicted molar refractivity (Wildman–Crippen MR) is 349 cm³/mol. The summed E-state index contributed by atoms with van der Waals surface area (Å²) in [4.78, 5) is 113. The van der Waals surface area contributed by atoms with Crippen LogP contribution in [0.4, 0.5) is 0 Å². The average molecular weight is 1440 g/mol. The molecule has 3 aliphatic carbocycles. The van der Waals surface area contributed by atoms with E-state index in [-0.39, 0.29) is 76.0 Å². The number of carbonyl (C=O) groups is 8. The number of carboxylic acids is 1. The van der Waals surface area contributed by atoms with Crippen molar-refractivity contribution in [3.05, 3.63) is 115 Å². The highest BCUT2D eigenvalue weighted by atomic mass is 35.5. The summed E-state index contributed by atoms with van der Waals surface area (Å²) < 4.78 is 38.3. The second-order valence-electron chi connectivity index (χ2n) is 25.9. The van der Waals surface area contributed by atoms with Gasteiger partial charge in [0.25, 0.3) is 0 Å². The Morgan fingerprint density at radius 3 is 2.22 bits per heavy atom. The van der Waals surface area contributed by atoms with Gasteiger partial charge in [-0.1, -0.05) is 56.1 Å². The molecular formula is C66H82Cl2N8O24. The maximum atomic E-state index is 15.8. The van der Waals surface area contributed by atoms with E-state index in [1.807, 2.05) is 13.8 Å². The number of hydrogen-bond acceptors (Lipinski definition) is 24. The molecule has 3 saturated heterocycles. The van der Waals surface area contributed by atoms with Crippen molar-refractivity contribution in [3.63, 3.8) is 0 Å². The van der Waals surface area contributed by atoms with E-state index in [0.717, 1.165) is 36.4 Å². The number of nitrogens with two attached hydrogens (primary N) is 2. The molecule has 0 saturated carbocycles. The van der Waals surface area contributed by atoms with Gasteiger partial charge < -0.3 is 123 Å². The van der Waals surface area contributed by atoms with Crippen LogP contribution in [0.15, 0.2) is 99.2 Å². The topological polar surface area (TPSA) is 518 Å². The second kappa shape index (κ2) is 32.2. The largest absolute Gasteiger partial charge is 0.512 e. The number of allylic oxidation sites excluding steroid dienone is 6. The maximum absolute atomic E-state index is 15.8. The van der Waals surface area contributed by atoms with Gasteiger partial charge in [0.1, 0.15) is 72.0 Å². The number of ether oxygens (including phenoxy) is 6. The van der Waals surface area contributed by atoms with Crippen molar-refractivity contribution >= 4 is 70.5 Å². The first-order valence-electron chi connectivity index (χ1n) is 32.2. The fourth-order valence-corrected chi connectivity index (χ4v) is 13.2. The van der Waals surface area contributed by atoms with E-state index >= 15 is 9.59 Å². The lowest BCUT2D eigenvalue weighted by Crippen LogP contribution is -2.62. The minimum atomic E-state index is -2.21. The number of rotatable bonds is 20. The van der Waals surface area contributed by atoms with Gasteiger partial charge in [-0.25, -0.2) is 4.79 Å². The van der Waals surface area contributed by atoms with E-state index in [2.05, 4.69) is 31.9 Å². The maximum Gasteiger partial charge on any atom is 0.330 e. The minimum absolute atomic E-state index is 0.0329. The number of carboxylic acid groups (broad SMARTS) is 1. The number of aliphatic carboxylic acids is 1. The van der Waals surface area contributed by atoms with Crippen LogP contribution < -0.4 is 57.6 Å². The average Bonchev–Trinajstić information content (AvgIpc) is 0.769. The van der Waals surface area contributed by atoms with Gasteiger partial charge >= 0.3 is 5.97 Å². The quantitative estimate of drug-likeness (QED) is 0.0823. The number of aliphatic hydroxyl groups excluding tert-OH is 9. The number of nitrogens with one attached hydrogen (secondary N) is 6. The SMILES string of the molecule is CN[C@H](CC(C)C)C(=O)N[C@@H](C(N)=O)[C@H](O)C1=CC(Cl)=C(Oc2cc3cc(c2O[C@H]2OC(CO)C(O)[C@H](O)C2O[C@H]2CC[C@H](O)[C@H](C)O2)Oc2ccc(cc2Cl)[C@@H](O)[C@@H]2NC(=O)C(NC(=O)[C@@H]3NC(=O)[C@@H](C)CC(N)=O)C3=CC=C(O)C(C3)C3=C(O)CC(O)C=C3[C@@H](C(=O)O)NC2=O)CC1. The normalized spacial score (nSPS) is 29.9. The highest BCUT2D eigenvalue weighted by molar-refractivity contribution is 6.32. The van der Waals surface area contributed by atoms with Crippen molar-refractivity contribution in [3.8, 4) is 23.0 Å². The van der Waals surface area contributed by atoms with Crippen LogP contribution in [-0.2, 0) is 52.6 Å². The number of primary amides is 2. The summed E-state index contributed by atoms with van der Waals surface area (Å²) >= 11 is 14.1. The monoisotopic (exact) mass is 1440 g/mol. The van der Waals surface area contributed by atoms with Gasteiger partial charge in [0.05, 0.1) is 46.8 Å². The van der Waals surface area contributed by atoms with E-state index in [4.69, 9.17) is 63.1 Å². The van der Waals surface area contributed by atoms with Crippen molar-refractivity contribution in [1.29, 1.82) is 0 Å². The highest BCUT2D eigenvalue weighted by Crippen LogP contribution is 2.49. The third-order valence-electron chi connectivity index (χ3n) is 18.2. The van der Waals surface area contributed by atoms with E-state index in [1.54, 1.807) is 14.0 Å². The summed E-state index contributed by atoms with van der Waals surface area (Å²) in [6, 6.07) is -5.32. The highest BCUT2D eigenvalue weighted by Gasteiger charge is 2.50. The Hall–Kier alpha value is -8.22. The van der Waals surface area contributed by atoms with Crippen LogP contribution in [0.1, 0.15) is 102 Å². The molecule has 0 radical (unpaired) electrons. The van der Waals surface area contributed by atoms with E-state index in [1.165, 1.54) is 25.1 Å². The van der Waals surface area contributed by atoms with Crippen LogP contribution in [0.2, 0.25) is 5.02 Å². The Labute approximate surface area is 582 Å². The summed E-state index contributed by atoms with van der Waals surface area (Å²) in [5, 5.41) is 128. The molecule has 2 aromatic rings. The lowest BCUT2D eigenvalue weighted by atomic mass is 9.75. The summed E-state index contributed by atoms with van der Waals surface area (Å²) in [7, 11) is 1.54. The van der Waals surface area contributed by atoms with E-state index in [0.29, 0.717) is 6.42 Å². The first-order valence-corrected chi connectivity index (χ1v) is 33.0. The lowest BCUT2D eigenvalue weighted by Gasteiger charge is -2.44. The van der Waals surface area contributed by atoms with Crippen molar-refractivity contribution in [2.45, 2.75) is 183 Å². The first-order chi connectivity index (χ1) is 47.3. The molecular weight excluding hydrogens is 1360 g/mol. The number of fused-ring (bicyclic) bond motifs is 8. The van der Waals surface area contributed by atoms with Gasteiger partial charge in [-0.2, -0.15) is 0 Å². The third kappa shape index (κ3) is 17.0. The van der Waals surface area contributed by atoms with Crippen LogP contribution >= 0.6 is 23.2 Å². The van der Waals surface area contributed by atoms with E-state index in [9.17, 15) is 79.8 Å². The summed E-state index contributed by atoms with van der Waals surface area (Å²) in [5.41, 5.74) is 10.0. The van der Waals surface area contributed by atoms with Crippen LogP contribution in [0.3, 0.4) is 0 Å². The molecule has 5 heterocycles. The Bertz CT molecular complexity index is 3730. The Morgan fingerprint density at radius 2 is 1.58 bits per heavy atom. The van der Waals surface area contributed by atoms with Crippen molar-refractivity contribution in [2.24, 2.45) is 29.2 Å². The van der Waals surface area contributed by atoms with Crippen molar-refractivity contribution < 1.29 is 118 Å². The summed E-state index contributed by atoms with van der Waals surface area (Å²) in [6.45, 7) is 5.68. The number of carbonyl (C=O) groups excluding carboxylic acids is 7. The minimum Gasteiger partial charge on any atom is -0.512 e. The molecule has 0 aromatic heterocycles. The molecule has 7 amide bonds. The second-order valence-corrected chi connectivity index (χ2v) is 26.7. The number of likely N-dealkylation sites (N-methyl/N-ethyl adjacent to an activating group) is 1. The molecule has 544 valence electrons. The molecule has 0 spiro atoms. The van der Waals surface area contributed by atoms with Gasteiger partial charge in [-0.15, -0.1) is 0 Å². The van der Waals surface area contributed by atoms with Gasteiger partial charge in [-0.3, -0.25) is 33.6 Å². The van der Waals surface area contributed by atoms with Crippen molar-refractivity contribution in [2.75, 3.05) is 13.7 Å². The molecule has 10 rings (SSSR count). The van der Waals surface area contributed by atoms with Crippen LogP contribution in [-0.4, -0.2) is 204 Å². The fraction of sp³-hybridized carbons (Fsp3) is 0.515. The van der Waals surface area contributed by atoms with Gasteiger partial charge in [-0.05, 0) is 116 Å². The van der Waals surface area contributed by atoms with Gasteiger partial charge in [0.15, 0.2) is 29.9 Å². The van der Waals surface area contributed by atoms with Crippen LogP contribution in [0, 0.1) is 17.8 Å². The van der Waals surface area contributed by atoms with E-state index < -0.39 is 228 Å². The third-order valence-corrected chi connectivity index (χ3v) is 18.8. The fourth-order valence-electron chi connectivity index (χ4n) is 12.7. The zero-order chi connectivity index (χ0) is 73.0. The number of benzene rings is 2. The number of amides is 7. The molecule has 34 heteroatoms. The summed E-state index contributed by atoms with van der Waals surface area (Å²) in [5.74, 6) is -15.5. The predicted octanol–water partition coefficient (Wildman–Crippen LogP) is -0.105. The first kappa shape index (κ1) is 76.0. The van der Waals surface area contributed by atoms with Crippen molar-refractivity contribution in [1.82, 2.24) is 31.9 Å². The molecule has 5 aliphatic heterocycles. The number of halogens is 2. The molecule has 20 N–H and O–H groups in total. The molecule has 100 heavy (non-hydrogen) atoms. The smallest absolute Gasteiger partial charge is 0.330 e. The Kier molecular flexibility index (Phi) is 24.5. The van der Waals surface area contributed by atoms with Crippen LogP contribution in [0.5, 0.6) is 23.0 Å². The van der Waals surface area contributed by atoms with Gasteiger partial charge in [0.2, 0.25) is 53.4 Å². The van der Waals surface area contributed by atoms with Gasteiger partial charge in [0, 0.05) is 43.1 Å². The standard InChI is InChI=1S/C66H82Cl2N8O24/c1-24(2)14-36(71-5)61(89)75-51(59(70)87)53(83)28-7-11-40(34(67)17-28)96-42-19-30-20-43(57(42)100-66-58(56(86)55(85)44(23-77)98-66)99-46-13-10-37(79)26(4)95-46)97-41-12-8-29(18-35(41)68)54(84)52-64(92)74-50(65(93)94)33-21-31(78)22-39(81)47(33)32-16-27(6-9-38(32)80)48(62(90)76-52)73-63(91)49(30)72-60(88)25(3)15-45(69)82/h6,8-9,12,17-21,24-26,31-32,36-37,44,46,48-56,58,66,71,77-81,83-86H,7,10-11,13-16,22-23H2,1-5H3,(H2,69,82)(H2,70,87)(H,72,88)(H,73,91)(H,74,92)(H,75,89)(H,76,90)(H,93,94)/t25-,26-,31?,32?,36+,37-,44?,46-,48?,49+,50-,51+,52-,53+,54+,55?,56-,58?,66+/m0/s1. The molecule has 8 aliphatic rings. The number of hydrogen-bond donors (Lipinski definition) is 18. The molecule has 3 fully saturated rings. The molecule has 8 bridgehead atoms. The zero-order valence-electron chi connectivity index (χ0n) is 54.7. The Balaban J connectivity index is 1.27. The number of aliphatic hydroxyl groups is 9. The molecule has 32 nitrogen and oxygen atoms in total. The zero-order valence-corrected chi connectivity index (χ0v) is 56.2. The molecule has 6 unspecified atom stereocenters. The summed E-state index contributed by atoms with van der Waals surface area (Å²) in [6.07, 6.45) is -14.6. The molecule has 2 aromatic carbocycles.